The normalized spacial score (nSPS) is 17.8. The molecule has 0 saturated heterocycles. The summed E-state index contributed by atoms with van der Waals surface area (Å²) in [5.74, 6) is -0.450. The molecule has 4 rings (SSSR count). The highest BCUT2D eigenvalue weighted by Crippen LogP contribution is 2.31. The molecule has 7 nitrogen and oxygen atoms in total. The molecular formula is C25H26FN3O4. The van der Waals surface area contributed by atoms with Crippen LogP contribution in [0, 0.1) is 5.82 Å². The third kappa shape index (κ3) is 5.28. The number of nitrogens with zero attached hydrogens (tertiary/aromatic N) is 1. The zero-order valence-electron chi connectivity index (χ0n) is 18.7. The number of halogens is 1. The molecule has 1 fully saturated rings. The minimum Gasteiger partial charge on any atom is -0.444 e. The van der Waals surface area contributed by atoms with Crippen molar-refractivity contribution >= 4 is 28.6 Å². The van der Waals surface area contributed by atoms with Crippen LogP contribution in [0.1, 0.15) is 44.0 Å². The Labute approximate surface area is 191 Å². The Morgan fingerprint density at radius 2 is 1.82 bits per heavy atom. The van der Waals surface area contributed by atoms with Crippen molar-refractivity contribution in [2.45, 2.75) is 51.4 Å². The molecule has 0 aliphatic heterocycles. The molecule has 1 aliphatic rings. The molecule has 0 radical (unpaired) electrons. The molecular weight excluding hydrogens is 425 g/mol. The molecule has 1 heterocycles. The average Bonchev–Trinajstić information content (AvgIpc) is 2.71. The summed E-state index contributed by atoms with van der Waals surface area (Å²) < 4.78 is 19.1. The first kappa shape index (κ1) is 22.7. The monoisotopic (exact) mass is 451 g/mol. The summed E-state index contributed by atoms with van der Waals surface area (Å²) in [7, 11) is 0. The van der Waals surface area contributed by atoms with Gasteiger partial charge in [-0.3, -0.25) is 10.1 Å². The Balaban J connectivity index is 1.74. The predicted octanol–water partition coefficient (Wildman–Crippen LogP) is 4.64. The quantitative estimate of drug-likeness (QED) is 0.537. The number of carbonyl (C=O) groups excluding carboxylic acids is 2. The average molecular weight is 451 g/mol. The number of anilines is 1. The van der Waals surface area contributed by atoms with Gasteiger partial charge < -0.3 is 15.2 Å². The third-order valence-electron chi connectivity index (χ3n) is 5.36. The lowest BCUT2D eigenvalue weighted by Gasteiger charge is -2.32. The first-order chi connectivity index (χ1) is 15.6. The molecule has 8 heteroatoms. The Morgan fingerprint density at radius 1 is 1.09 bits per heavy atom. The molecule has 3 N–H and O–H groups in total. The molecule has 3 aromatic rings. The van der Waals surface area contributed by atoms with E-state index < -0.39 is 11.7 Å². The summed E-state index contributed by atoms with van der Waals surface area (Å²) in [6.45, 7) is 5.26. The molecule has 33 heavy (non-hydrogen) atoms. The van der Waals surface area contributed by atoms with E-state index in [0.717, 1.165) is 0 Å². The van der Waals surface area contributed by atoms with Gasteiger partial charge in [-0.2, -0.15) is 0 Å². The summed E-state index contributed by atoms with van der Waals surface area (Å²) >= 11 is 0. The van der Waals surface area contributed by atoms with Crippen molar-refractivity contribution in [3.8, 4) is 11.1 Å². The van der Waals surface area contributed by atoms with Crippen molar-refractivity contribution < 1.29 is 23.8 Å². The van der Waals surface area contributed by atoms with Crippen LogP contribution >= 0.6 is 0 Å². The molecule has 1 saturated carbocycles. The van der Waals surface area contributed by atoms with Gasteiger partial charge in [0.15, 0.2) is 0 Å². The SMILES string of the molecule is CC(C)(C)OC(=O)Nc1ncc(C(=O)NC2CC(O)C2)c2ccc(-c3cccc(F)c3)cc12. The molecule has 0 atom stereocenters. The van der Waals surface area contributed by atoms with Crippen LogP contribution in [0.3, 0.4) is 0 Å². The highest BCUT2D eigenvalue weighted by Gasteiger charge is 2.29. The van der Waals surface area contributed by atoms with Crippen molar-refractivity contribution in [1.29, 1.82) is 0 Å². The fraction of sp³-hybridized carbons (Fsp3) is 0.320. The second-order valence-electron chi connectivity index (χ2n) is 9.21. The van der Waals surface area contributed by atoms with Gasteiger partial charge in [-0.1, -0.05) is 24.3 Å². The second kappa shape index (κ2) is 8.78. The Bertz CT molecular complexity index is 1220. The Hall–Kier alpha value is -3.52. The first-order valence-electron chi connectivity index (χ1n) is 10.8. The number of fused-ring (bicyclic) bond motifs is 1. The van der Waals surface area contributed by atoms with Crippen LogP contribution in [-0.4, -0.2) is 39.8 Å². The zero-order chi connectivity index (χ0) is 23.8. The number of rotatable bonds is 4. The summed E-state index contributed by atoms with van der Waals surface area (Å²) in [6.07, 6.45) is 1.37. The molecule has 0 bridgehead atoms. The highest BCUT2D eigenvalue weighted by atomic mass is 19.1. The van der Waals surface area contributed by atoms with E-state index in [0.29, 0.717) is 40.3 Å². The standard InChI is InChI=1S/C25H26FN3O4/c1-25(2,3)33-24(32)29-22-20-10-15(14-5-4-6-16(26)9-14)7-8-19(20)21(13-27-22)23(31)28-17-11-18(30)12-17/h4-10,13,17-18,30H,11-12H2,1-3H3,(H,28,31)(H,27,29,32). The minimum absolute atomic E-state index is 0.0892. The fourth-order valence-electron chi connectivity index (χ4n) is 3.74. The van der Waals surface area contributed by atoms with Crippen LogP contribution in [0.4, 0.5) is 15.0 Å². The Morgan fingerprint density at radius 3 is 2.48 bits per heavy atom. The number of aliphatic hydroxyl groups excluding tert-OH is 1. The minimum atomic E-state index is -0.695. The number of aromatic nitrogens is 1. The van der Waals surface area contributed by atoms with Gasteiger partial charge in [0.1, 0.15) is 17.2 Å². The lowest BCUT2D eigenvalue weighted by atomic mass is 9.89. The zero-order valence-corrected chi connectivity index (χ0v) is 18.7. The number of aliphatic hydroxyl groups is 1. The summed E-state index contributed by atoms with van der Waals surface area (Å²) in [5, 5.41) is 16.1. The van der Waals surface area contributed by atoms with Crippen LogP contribution in [0.15, 0.2) is 48.7 Å². The lowest BCUT2D eigenvalue weighted by Crippen LogP contribution is -2.46. The maximum Gasteiger partial charge on any atom is 0.413 e. The van der Waals surface area contributed by atoms with Crippen molar-refractivity contribution in [3.05, 3.63) is 60.0 Å². The van der Waals surface area contributed by atoms with Crippen LogP contribution in [0.2, 0.25) is 0 Å². The summed E-state index contributed by atoms with van der Waals surface area (Å²) in [4.78, 5) is 29.6. The molecule has 1 aromatic heterocycles. The molecule has 172 valence electrons. The van der Waals surface area contributed by atoms with Crippen LogP contribution in [0.5, 0.6) is 0 Å². The van der Waals surface area contributed by atoms with Crippen LogP contribution in [0.25, 0.3) is 21.9 Å². The largest absolute Gasteiger partial charge is 0.444 e. The Kier molecular flexibility index (Phi) is 6.03. The number of ether oxygens (including phenoxy) is 1. The number of pyridine rings is 1. The lowest BCUT2D eigenvalue weighted by molar-refractivity contribution is 0.0562. The maximum atomic E-state index is 13.8. The molecule has 2 aromatic carbocycles. The molecule has 0 unspecified atom stereocenters. The second-order valence-corrected chi connectivity index (χ2v) is 9.21. The van der Waals surface area contributed by atoms with E-state index in [4.69, 9.17) is 4.74 Å². The van der Waals surface area contributed by atoms with Gasteiger partial charge in [-0.15, -0.1) is 0 Å². The number of nitrogens with one attached hydrogen (secondary N) is 2. The fourth-order valence-corrected chi connectivity index (χ4v) is 3.74. The van der Waals surface area contributed by atoms with Gasteiger partial charge in [0.2, 0.25) is 0 Å². The van der Waals surface area contributed by atoms with E-state index in [9.17, 15) is 19.1 Å². The highest BCUT2D eigenvalue weighted by molar-refractivity contribution is 6.11. The number of hydrogen-bond donors (Lipinski definition) is 3. The van der Waals surface area contributed by atoms with Crippen molar-refractivity contribution in [2.24, 2.45) is 0 Å². The van der Waals surface area contributed by atoms with E-state index in [1.165, 1.54) is 18.3 Å². The maximum absolute atomic E-state index is 13.8. The molecule has 1 aliphatic carbocycles. The van der Waals surface area contributed by atoms with E-state index in [-0.39, 0.29) is 29.7 Å². The van der Waals surface area contributed by atoms with Crippen molar-refractivity contribution in [3.63, 3.8) is 0 Å². The van der Waals surface area contributed by atoms with Gasteiger partial charge in [-0.25, -0.2) is 14.2 Å². The van der Waals surface area contributed by atoms with Crippen LogP contribution < -0.4 is 10.6 Å². The third-order valence-corrected chi connectivity index (χ3v) is 5.36. The number of hydrogen-bond acceptors (Lipinski definition) is 5. The van der Waals surface area contributed by atoms with Crippen LogP contribution in [-0.2, 0) is 4.74 Å². The van der Waals surface area contributed by atoms with Crippen molar-refractivity contribution in [1.82, 2.24) is 10.3 Å². The van der Waals surface area contributed by atoms with E-state index in [1.807, 2.05) is 0 Å². The van der Waals surface area contributed by atoms with Gasteiger partial charge >= 0.3 is 6.09 Å². The molecule has 2 amide bonds. The predicted molar refractivity (Wildman–Crippen MR) is 123 cm³/mol. The smallest absolute Gasteiger partial charge is 0.413 e. The van der Waals surface area contributed by atoms with Gasteiger partial charge in [0, 0.05) is 17.6 Å². The van der Waals surface area contributed by atoms with Gasteiger partial charge in [0.25, 0.3) is 5.91 Å². The van der Waals surface area contributed by atoms with Crippen molar-refractivity contribution in [2.75, 3.05) is 5.32 Å². The topological polar surface area (TPSA) is 101 Å². The first-order valence-corrected chi connectivity index (χ1v) is 10.8. The van der Waals surface area contributed by atoms with Gasteiger partial charge in [0.05, 0.1) is 11.7 Å². The van der Waals surface area contributed by atoms with E-state index in [2.05, 4.69) is 15.6 Å². The summed E-state index contributed by atoms with van der Waals surface area (Å²) in [5.41, 5.74) is 1.00. The van der Waals surface area contributed by atoms with E-state index >= 15 is 0 Å². The number of carbonyl (C=O) groups is 2. The molecule has 0 spiro atoms. The summed E-state index contributed by atoms with van der Waals surface area (Å²) in [6, 6.07) is 11.4. The van der Waals surface area contributed by atoms with E-state index in [1.54, 1.807) is 51.1 Å². The number of benzene rings is 2. The van der Waals surface area contributed by atoms with Gasteiger partial charge in [-0.05, 0) is 68.3 Å². The number of amides is 2.